The predicted octanol–water partition coefficient (Wildman–Crippen LogP) is 1.91. The number of nitrogens with zero attached hydrogens (tertiary/aromatic N) is 4. The van der Waals surface area contributed by atoms with Gasteiger partial charge in [-0.25, -0.2) is 27.9 Å². The number of hydrogen-bond donors (Lipinski definition) is 3. The number of ether oxygens (including phenoxy) is 1. The van der Waals surface area contributed by atoms with Crippen molar-refractivity contribution in [3.63, 3.8) is 0 Å². The fourth-order valence-corrected chi connectivity index (χ4v) is 6.04. The van der Waals surface area contributed by atoms with Gasteiger partial charge in [-0.3, -0.25) is 0 Å². The summed E-state index contributed by atoms with van der Waals surface area (Å²) in [5.74, 6) is 0.256. The van der Waals surface area contributed by atoms with Crippen molar-refractivity contribution in [2.45, 2.75) is 42.4 Å². The normalized spacial score (nSPS) is 17.5. The van der Waals surface area contributed by atoms with Crippen molar-refractivity contribution in [3.8, 4) is 0 Å². The number of benzene rings is 1. The number of nitrogens with two attached hydrogens (primary N) is 1. The predicted molar refractivity (Wildman–Crippen MR) is 124 cm³/mol. The molecule has 1 aliphatic heterocycles. The Labute approximate surface area is 195 Å². The van der Waals surface area contributed by atoms with Crippen LogP contribution in [0.4, 0.5) is 4.79 Å². The van der Waals surface area contributed by atoms with Crippen molar-refractivity contribution in [2.75, 3.05) is 18.1 Å². The van der Waals surface area contributed by atoms with Gasteiger partial charge in [0, 0.05) is 24.5 Å². The Morgan fingerprint density at radius 1 is 1.29 bits per heavy atom. The molecule has 1 aromatic carbocycles. The van der Waals surface area contributed by atoms with E-state index in [2.05, 4.69) is 15.0 Å². The molecule has 0 spiro atoms. The molecule has 4 N–H and O–H groups in total. The molecule has 0 radical (unpaired) electrons. The lowest BCUT2D eigenvalue weighted by molar-refractivity contribution is 0.116. The molecule has 1 amide bonds. The minimum atomic E-state index is -4.04. The van der Waals surface area contributed by atoms with Crippen LogP contribution in [0, 0.1) is 6.92 Å². The smallest absolute Gasteiger partial charge is 0.404 e. The van der Waals surface area contributed by atoms with Crippen LogP contribution in [0.25, 0.3) is 22.1 Å². The first kappa shape index (κ1) is 22.2. The topological polar surface area (TPSA) is 156 Å². The number of primary amides is 1. The molecule has 4 aromatic rings. The third-order valence-electron chi connectivity index (χ3n) is 5.98. The third-order valence-corrected chi connectivity index (χ3v) is 7.81. The van der Waals surface area contributed by atoms with E-state index in [0.717, 1.165) is 0 Å². The molecule has 0 saturated carbocycles. The second-order valence-corrected chi connectivity index (χ2v) is 10.2. The number of aliphatic hydroxyl groups excluding tert-OH is 1. The molecule has 2 atom stereocenters. The van der Waals surface area contributed by atoms with E-state index in [1.54, 1.807) is 49.0 Å². The maximum atomic E-state index is 13.7. The quantitative estimate of drug-likeness (QED) is 0.388. The van der Waals surface area contributed by atoms with E-state index in [4.69, 9.17) is 10.5 Å². The molecule has 3 aromatic heterocycles. The molecule has 1 aliphatic rings. The monoisotopic (exact) mass is 484 g/mol. The minimum absolute atomic E-state index is 0.138. The number of carbonyl (C=O) groups excluding carboxylic acids is 1. The van der Waals surface area contributed by atoms with Gasteiger partial charge in [0.05, 0.1) is 11.4 Å². The fraction of sp³-hybridized carbons (Fsp3) is 0.318. The second kappa shape index (κ2) is 7.99. The lowest BCUT2D eigenvalue weighted by Gasteiger charge is -2.24. The number of imidazole rings is 1. The van der Waals surface area contributed by atoms with E-state index in [1.165, 1.54) is 6.07 Å². The van der Waals surface area contributed by atoms with E-state index in [-0.39, 0.29) is 21.3 Å². The summed E-state index contributed by atoms with van der Waals surface area (Å²) >= 11 is 0. The largest absolute Gasteiger partial charge is 0.444 e. The van der Waals surface area contributed by atoms with Gasteiger partial charge in [0.2, 0.25) is 9.84 Å². The Balaban J connectivity index is 1.78. The van der Waals surface area contributed by atoms with E-state index >= 15 is 0 Å². The number of aromatic amines is 1. The highest BCUT2D eigenvalue weighted by molar-refractivity contribution is 7.91. The van der Waals surface area contributed by atoms with E-state index in [1.807, 2.05) is 5.01 Å². The SMILES string of the molecule is Cc1ccccc1S(=O)(=O)c1nc2[nH]ccc2c2c1nc([C@H](C)O)n2N1CC[C@@H](OC(N)=O)C1. The summed E-state index contributed by atoms with van der Waals surface area (Å²) in [7, 11) is -4.04. The number of aliphatic hydroxyl groups is 1. The highest BCUT2D eigenvalue weighted by atomic mass is 32.2. The number of nitrogens with one attached hydrogen (secondary N) is 1. The molecule has 0 bridgehead atoms. The van der Waals surface area contributed by atoms with Gasteiger partial charge in [0.1, 0.15) is 28.9 Å². The van der Waals surface area contributed by atoms with Gasteiger partial charge in [-0.05, 0) is 31.5 Å². The maximum Gasteiger partial charge on any atom is 0.404 e. The van der Waals surface area contributed by atoms with Crippen LogP contribution in [0.3, 0.4) is 0 Å². The standard InChI is InChI=1S/C22H24N6O5S/c1-12-5-3-4-6-16(12)34(31,32)21-17-18(15-7-9-24-19(15)26-21)28(20(25-17)13(2)29)27-10-8-14(11-27)33-22(23)30/h3-7,9,13-14,29H,8,10-11H2,1-2H3,(H2,23,30)(H,24,26)/t13-,14+/m0/s1. The van der Waals surface area contributed by atoms with Crippen LogP contribution in [0.2, 0.25) is 0 Å². The van der Waals surface area contributed by atoms with Crippen molar-refractivity contribution in [1.82, 2.24) is 19.6 Å². The number of fused-ring (bicyclic) bond motifs is 3. The van der Waals surface area contributed by atoms with Crippen molar-refractivity contribution in [1.29, 1.82) is 0 Å². The lowest BCUT2D eigenvalue weighted by atomic mass is 10.2. The molecule has 1 fully saturated rings. The van der Waals surface area contributed by atoms with Crippen LogP contribution in [-0.4, -0.2) is 58.4 Å². The molecule has 34 heavy (non-hydrogen) atoms. The molecule has 11 nitrogen and oxygen atoms in total. The Morgan fingerprint density at radius 2 is 2.06 bits per heavy atom. The fourth-order valence-electron chi connectivity index (χ4n) is 4.48. The highest BCUT2D eigenvalue weighted by Gasteiger charge is 2.34. The van der Waals surface area contributed by atoms with Crippen molar-refractivity contribution in [2.24, 2.45) is 5.73 Å². The molecule has 1 saturated heterocycles. The van der Waals surface area contributed by atoms with Gasteiger partial charge in [-0.1, -0.05) is 18.2 Å². The zero-order valence-corrected chi connectivity index (χ0v) is 19.4. The van der Waals surface area contributed by atoms with E-state index in [9.17, 15) is 18.3 Å². The number of carbonyl (C=O) groups is 1. The number of pyridine rings is 1. The Hall–Kier alpha value is -3.64. The van der Waals surface area contributed by atoms with Crippen molar-refractivity contribution in [3.05, 3.63) is 47.9 Å². The maximum absolute atomic E-state index is 13.7. The van der Waals surface area contributed by atoms with E-state index in [0.29, 0.717) is 41.6 Å². The number of aromatic nitrogens is 4. The van der Waals surface area contributed by atoms with Crippen molar-refractivity contribution >= 4 is 38.0 Å². The van der Waals surface area contributed by atoms with Crippen LogP contribution < -0.4 is 10.7 Å². The number of rotatable bonds is 5. The van der Waals surface area contributed by atoms with Crippen LogP contribution in [-0.2, 0) is 14.6 Å². The number of amides is 1. The van der Waals surface area contributed by atoms with Gasteiger partial charge in [-0.2, -0.15) is 0 Å². The first-order valence-electron chi connectivity index (χ1n) is 10.8. The molecular formula is C22H24N6O5S. The molecule has 178 valence electrons. The second-order valence-electron chi connectivity index (χ2n) is 8.34. The highest BCUT2D eigenvalue weighted by Crippen LogP contribution is 2.35. The van der Waals surface area contributed by atoms with Crippen LogP contribution >= 0.6 is 0 Å². The molecule has 12 heteroatoms. The summed E-state index contributed by atoms with van der Waals surface area (Å²) in [5.41, 5.74) is 6.80. The molecule has 0 aliphatic carbocycles. The van der Waals surface area contributed by atoms with Crippen LogP contribution in [0.15, 0.2) is 46.5 Å². The van der Waals surface area contributed by atoms with Gasteiger partial charge >= 0.3 is 6.09 Å². The minimum Gasteiger partial charge on any atom is -0.444 e. The van der Waals surface area contributed by atoms with Crippen molar-refractivity contribution < 1.29 is 23.1 Å². The number of aryl methyl sites for hydroxylation is 1. The molecule has 0 unspecified atom stereocenters. The van der Waals surface area contributed by atoms with Gasteiger partial charge in [-0.15, -0.1) is 0 Å². The molecule has 4 heterocycles. The zero-order chi connectivity index (χ0) is 24.2. The number of hydrogen-bond acceptors (Lipinski definition) is 8. The Kier molecular flexibility index (Phi) is 5.21. The summed E-state index contributed by atoms with van der Waals surface area (Å²) in [6.45, 7) is 4.07. The lowest BCUT2D eigenvalue weighted by Crippen LogP contribution is -2.36. The van der Waals surface area contributed by atoms with Gasteiger partial charge in [0.25, 0.3) is 0 Å². The van der Waals surface area contributed by atoms with Crippen LogP contribution in [0.5, 0.6) is 0 Å². The Bertz CT molecular complexity index is 1520. The average Bonchev–Trinajstić information content (AvgIpc) is 3.50. The summed E-state index contributed by atoms with van der Waals surface area (Å²) in [5, 5.41) is 12.9. The first-order valence-corrected chi connectivity index (χ1v) is 12.3. The van der Waals surface area contributed by atoms with Crippen LogP contribution in [0.1, 0.15) is 30.8 Å². The number of sulfone groups is 1. The van der Waals surface area contributed by atoms with E-state index < -0.39 is 28.1 Å². The molecular weight excluding hydrogens is 460 g/mol. The molecule has 5 rings (SSSR count). The number of H-pyrrole nitrogens is 1. The summed E-state index contributed by atoms with van der Waals surface area (Å²) in [6, 6.07) is 8.47. The third kappa shape index (κ3) is 3.46. The summed E-state index contributed by atoms with van der Waals surface area (Å²) in [6.07, 6.45) is -0.106. The van der Waals surface area contributed by atoms with Gasteiger partial charge in [0.15, 0.2) is 10.9 Å². The summed E-state index contributed by atoms with van der Waals surface area (Å²) in [4.78, 5) is 23.4. The average molecular weight is 485 g/mol. The Morgan fingerprint density at radius 3 is 2.76 bits per heavy atom. The first-order chi connectivity index (χ1) is 16.2. The summed E-state index contributed by atoms with van der Waals surface area (Å²) < 4.78 is 34.4. The zero-order valence-electron chi connectivity index (χ0n) is 18.6. The van der Waals surface area contributed by atoms with Gasteiger partial charge < -0.3 is 25.6 Å².